The van der Waals surface area contributed by atoms with Gasteiger partial charge in [-0.25, -0.2) is 0 Å². The van der Waals surface area contributed by atoms with E-state index in [-0.39, 0.29) is 28.8 Å². The summed E-state index contributed by atoms with van der Waals surface area (Å²) < 4.78 is 5.86. The van der Waals surface area contributed by atoms with Crippen molar-refractivity contribution in [3.8, 4) is 5.75 Å². The lowest BCUT2D eigenvalue weighted by atomic mass is 10.2. The van der Waals surface area contributed by atoms with Gasteiger partial charge in [0.15, 0.2) is 12.4 Å². The van der Waals surface area contributed by atoms with Gasteiger partial charge in [-0.1, -0.05) is 29.3 Å². The third-order valence-corrected chi connectivity index (χ3v) is 4.02. The quantitative estimate of drug-likeness (QED) is 0.531. The average Bonchev–Trinajstić information content (AvgIpc) is 2.47. The van der Waals surface area contributed by atoms with Crippen LogP contribution in [0.1, 0.15) is 5.56 Å². The Morgan fingerprint density at radius 3 is 2.67 bits per heavy atom. The first kappa shape index (κ1) is 18.5. The molecular formula is C15H11BrCl2N2O4. The van der Waals surface area contributed by atoms with E-state index in [0.29, 0.717) is 15.1 Å². The lowest BCUT2D eigenvalue weighted by Gasteiger charge is -2.11. The van der Waals surface area contributed by atoms with Crippen LogP contribution in [0.5, 0.6) is 5.75 Å². The van der Waals surface area contributed by atoms with Gasteiger partial charge in [-0.2, -0.15) is 0 Å². The number of hydrogen-bond acceptors (Lipinski definition) is 4. The highest BCUT2D eigenvalue weighted by molar-refractivity contribution is 9.10. The lowest BCUT2D eigenvalue weighted by Crippen LogP contribution is -2.21. The minimum absolute atomic E-state index is 0.0977. The molecule has 0 aliphatic rings. The number of anilines is 1. The van der Waals surface area contributed by atoms with Gasteiger partial charge in [0.1, 0.15) is 5.69 Å². The van der Waals surface area contributed by atoms with Crippen molar-refractivity contribution >= 4 is 56.4 Å². The monoisotopic (exact) mass is 432 g/mol. The fourth-order valence-electron chi connectivity index (χ4n) is 1.89. The van der Waals surface area contributed by atoms with Crippen molar-refractivity contribution in [2.45, 2.75) is 6.92 Å². The van der Waals surface area contributed by atoms with Crippen molar-refractivity contribution in [1.82, 2.24) is 0 Å². The second-order valence-corrected chi connectivity index (χ2v) is 6.51. The molecule has 0 spiro atoms. The summed E-state index contributed by atoms with van der Waals surface area (Å²) in [7, 11) is 0. The fourth-order valence-corrected chi connectivity index (χ4v) is 3.26. The normalized spacial score (nSPS) is 10.3. The zero-order valence-electron chi connectivity index (χ0n) is 12.3. The fraction of sp³-hybridized carbons (Fsp3) is 0.133. The molecular weight excluding hydrogens is 423 g/mol. The number of nitro benzene ring substituents is 1. The summed E-state index contributed by atoms with van der Waals surface area (Å²) >= 11 is 15.1. The molecule has 0 radical (unpaired) electrons. The molecule has 1 N–H and O–H groups in total. The van der Waals surface area contributed by atoms with E-state index in [0.717, 1.165) is 0 Å². The van der Waals surface area contributed by atoms with Crippen LogP contribution in [0.25, 0.3) is 0 Å². The maximum Gasteiger partial charge on any atom is 0.293 e. The number of nitro groups is 1. The SMILES string of the molecule is Cc1ccc(NC(=O)COc2c(Cl)cc(Cl)cc2Br)c([N+](=O)[O-])c1. The number of hydrogen-bond donors (Lipinski definition) is 1. The van der Waals surface area contributed by atoms with Crippen molar-refractivity contribution in [3.05, 3.63) is 60.5 Å². The molecule has 0 saturated carbocycles. The Labute approximate surface area is 156 Å². The van der Waals surface area contributed by atoms with Gasteiger partial charge >= 0.3 is 0 Å². The molecule has 6 nitrogen and oxygen atoms in total. The first-order valence-electron chi connectivity index (χ1n) is 6.60. The molecule has 0 atom stereocenters. The summed E-state index contributed by atoms with van der Waals surface area (Å²) in [6, 6.07) is 7.56. The summed E-state index contributed by atoms with van der Waals surface area (Å²) in [5.41, 5.74) is 0.627. The predicted octanol–water partition coefficient (Wildman–Crippen LogP) is 4.99. The van der Waals surface area contributed by atoms with Gasteiger partial charge in [0.2, 0.25) is 0 Å². The Kier molecular flexibility index (Phi) is 6.04. The molecule has 24 heavy (non-hydrogen) atoms. The van der Waals surface area contributed by atoms with Crippen molar-refractivity contribution in [2.75, 3.05) is 11.9 Å². The molecule has 0 unspecified atom stereocenters. The highest BCUT2D eigenvalue weighted by Crippen LogP contribution is 2.36. The van der Waals surface area contributed by atoms with Crippen LogP contribution in [-0.2, 0) is 4.79 Å². The summed E-state index contributed by atoms with van der Waals surface area (Å²) in [5.74, 6) is -0.297. The van der Waals surface area contributed by atoms with Crippen LogP contribution in [0, 0.1) is 17.0 Å². The van der Waals surface area contributed by atoms with Gasteiger partial charge in [0, 0.05) is 11.1 Å². The molecule has 0 saturated heterocycles. The third-order valence-electron chi connectivity index (χ3n) is 2.93. The standard InChI is InChI=1S/C15H11BrCl2N2O4/c1-8-2-3-12(13(4-8)20(22)23)19-14(21)7-24-15-10(16)5-9(17)6-11(15)18/h2-6H,7H2,1H3,(H,19,21). The molecule has 1 amide bonds. The number of nitrogens with one attached hydrogen (secondary N) is 1. The Morgan fingerprint density at radius 2 is 2.04 bits per heavy atom. The zero-order valence-corrected chi connectivity index (χ0v) is 15.4. The lowest BCUT2D eigenvalue weighted by molar-refractivity contribution is -0.384. The van der Waals surface area contributed by atoms with Crippen LogP contribution in [0.4, 0.5) is 11.4 Å². The Bertz CT molecular complexity index is 791. The van der Waals surface area contributed by atoms with Crippen molar-refractivity contribution < 1.29 is 14.5 Å². The molecule has 0 fully saturated rings. The topological polar surface area (TPSA) is 81.5 Å². The van der Waals surface area contributed by atoms with E-state index in [1.165, 1.54) is 18.2 Å². The van der Waals surface area contributed by atoms with Crippen LogP contribution in [-0.4, -0.2) is 17.4 Å². The van der Waals surface area contributed by atoms with Gasteiger partial charge in [0.25, 0.3) is 11.6 Å². The number of nitrogens with zero attached hydrogens (tertiary/aromatic N) is 1. The predicted molar refractivity (Wildman–Crippen MR) is 96.1 cm³/mol. The number of carbonyl (C=O) groups is 1. The van der Waals surface area contributed by atoms with Crippen LogP contribution in [0.2, 0.25) is 10.0 Å². The minimum atomic E-state index is -0.559. The second-order valence-electron chi connectivity index (χ2n) is 4.81. The maximum absolute atomic E-state index is 12.0. The Morgan fingerprint density at radius 1 is 1.33 bits per heavy atom. The summed E-state index contributed by atoms with van der Waals surface area (Å²) in [6.45, 7) is 1.35. The summed E-state index contributed by atoms with van der Waals surface area (Å²) in [4.78, 5) is 22.5. The molecule has 0 aromatic heterocycles. The zero-order chi connectivity index (χ0) is 17.9. The number of benzene rings is 2. The molecule has 0 aliphatic heterocycles. The van der Waals surface area contributed by atoms with E-state index in [9.17, 15) is 14.9 Å². The van der Waals surface area contributed by atoms with Crippen molar-refractivity contribution in [3.63, 3.8) is 0 Å². The second kappa shape index (κ2) is 7.83. The number of amides is 1. The van der Waals surface area contributed by atoms with Crippen molar-refractivity contribution in [2.24, 2.45) is 0 Å². The van der Waals surface area contributed by atoms with Gasteiger partial charge < -0.3 is 10.1 Å². The Balaban J connectivity index is 2.09. The summed E-state index contributed by atoms with van der Waals surface area (Å²) in [5, 5.41) is 14.1. The smallest absolute Gasteiger partial charge is 0.293 e. The molecule has 0 aliphatic carbocycles. The minimum Gasteiger partial charge on any atom is -0.481 e. The Hall–Kier alpha value is -1.83. The van der Waals surface area contributed by atoms with E-state index in [1.54, 1.807) is 19.1 Å². The molecule has 0 heterocycles. The number of carbonyl (C=O) groups excluding carboxylic acids is 1. The largest absolute Gasteiger partial charge is 0.481 e. The van der Waals surface area contributed by atoms with E-state index < -0.39 is 10.8 Å². The van der Waals surface area contributed by atoms with Gasteiger partial charge in [0.05, 0.1) is 14.4 Å². The van der Waals surface area contributed by atoms with E-state index in [4.69, 9.17) is 27.9 Å². The molecule has 2 rings (SSSR count). The number of ether oxygens (including phenoxy) is 1. The van der Waals surface area contributed by atoms with Gasteiger partial charge in [-0.05, 0) is 46.6 Å². The first-order valence-corrected chi connectivity index (χ1v) is 8.15. The van der Waals surface area contributed by atoms with Crippen LogP contribution < -0.4 is 10.1 Å². The molecule has 2 aromatic carbocycles. The number of aryl methyl sites for hydroxylation is 1. The van der Waals surface area contributed by atoms with E-state index >= 15 is 0 Å². The molecule has 0 bridgehead atoms. The van der Waals surface area contributed by atoms with Crippen LogP contribution >= 0.6 is 39.1 Å². The van der Waals surface area contributed by atoms with E-state index in [1.807, 2.05) is 0 Å². The average molecular weight is 434 g/mol. The highest BCUT2D eigenvalue weighted by Gasteiger charge is 2.17. The third kappa shape index (κ3) is 4.59. The first-order chi connectivity index (χ1) is 11.3. The van der Waals surface area contributed by atoms with Crippen LogP contribution in [0.3, 0.4) is 0 Å². The van der Waals surface area contributed by atoms with Crippen molar-refractivity contribution in [1.29, 1.82) is 0 Å². The number of halogens is 3. The summed E-state index contributed by atoms with van der Waals surface area (Å²) in [6.07, 6.45) is 0. The molecule has 9 heteroatoms. The highest BCUT2D eigenvalue weighted by atomic mass is 79.9. The maximum atomic E-state index is 12.0. The molecule has 126 valence electrons. The van der Waals surface area contributed by atoms with Gasteiger partial charge in [-0.15, -0.1) is 0 Å². The van der Waals surface area contributed by atoms with Gasteiger partial charge in [-0.3, -0.25) is 14.9 Å². The van der Waals surface area contributed by atoms with Crippen LogP contribution in [0.15, 0.2) is 34.8 Å². The van der Waals surface area contributed by atoms with E-state index in [2.05, 4.69) is 21.2 Å². The number of rotatable bonds is 5. The molecule has 2 aromatic rings.